The fourth-order valence-corrected chi connectivity index (χ4v) is 5.45. The quantitative estimate of drug-likeness (QED) is 0.322. The van der Waals surface area contributed by atoms with Crippen molar-refractivity contribution in [2.45, 2.75) is 51.6 Å². The number of fused-ring (bicyclic) bond motifs is 1. The molecule has 1 aliphatic rings. The Morgan fingerprint density at radius 1 is 0.972 bits per heavy atom. The highest BCUT2D eigenvalue weighted by molar-refractivity contribution is 5.77. The number of nitrogens with one attached hydrogen (secondary N) is 1. The van der Waals surface area contributed by atoms with Crippen molar-refractivity contribution >= 4 is 5.65 Å². The van der Waals surface area contributed by atoms with Crippen LogP contribution in [0.4, 0.5) is 0 Å². The van der Waals surface area contributed by atoms with Crippen LogP contribution >= 0.6 is 0 Å². The molecule has 1 aliphatic carbocycles. The molecule has 5 aromatic rings. The van der Waals surface area contributed by atoms with Gasteiger partial charge in [-0.3, -0.25) is 9.88 Å². The van der Waals surface area contributed by atoms with Gasteiger partial charge >= 0.3 is 0 Å². The first-order valence-corrected chi connectivity index (χ1v) is 12.7. The smallest absolute Gasteiger partial charge is 0.155 e. The molecule has 7 nitrogen and oxygen atoms in total. The summed E-state index contributed by atoms with van der Waals surface area (Å²) in [6.07, 6.45) is 8.87. The van der Waals surface area contributed by atoms with Gasteiger partial charge in [0.25, 0.3) is 0 Å². The van der Waals surface area contributed by atoms with Crippen LogP contribution in [0.15, 0.2) is 67.1 Å². The summed E-state index contributed by atoms with van der Waals surface area (Å²) >= 11 is 0. The molecule has 0 radical (unpaired) electrons. The number of aromatic nitrogens is 6. The molecule has 0 aliphatic heterocycles. The Hall–Kier alpha value is -3.84. The van der Waals surface area contributed by atoms with Gasteiger partial charge in [-0.05, 0) is 68.1 Å². The molecule has 1 saturated carbocycles. The van der Waals surface area contributed by atoms with E-state index in [1.54, 1.807) is 10.8 Å². The monoisotopic (exact) mass is 477 g/mol. The predicted molar refractivity (Wildman–Crippen MR) is 141 cm³/mol. The van der Waals surface area contributed by atoms with Gasteiger partial charge in [-0.25, -0.2) is 14.5 Å². The van der Waals surface area contributed by atoms with Crippen molar-refractivity contribution in [3.63, 3.8) is 0 Å². The maximum Gasteiger partial charge on any atom is 0.155 e. The molecule has 6 rings (SSSR count). The molecule has 182 valence electrons. The van der Waals surface area contributed by atoms with Crippen molar-refractivity contribution < 1.29 is 0 Å². The first-order chi connectivity index (χ1) is 17.6. The maximum atomic E-state index is 5.04. The number of pyridine rings is 2. The molecule has 1 aromatic carbocycles. The van der Waals surface area contributed by atoms with E-state index in [1.807, 2.05) is 37.4 Å². The Kier molecular flexibility index (Phi) is 6.07. The second-order valence-electron chi connectivity index (χ2n) is 9.90. The molecule has 0 atom stereocenters. The second kappa shape index (κ2) is 9.66. The van der Waals surface area contributed by atoms with E-state index in [0.717, 1.165) is 46.4 Å². The fraction of sp³-hybridized carbons (Fsp3) is 0.310. The van der Waals surface area contributed by atoms with E-state index in [-0.39, 0.29) is 0 Å². The van der Waals surface area contributed by atoms with Gasteiger partial charge in [0.1, 0.15) is 17.8 Å². The summed E-state index contributed by atoms with van der Waals surface area (Å²) < 4.78 is 1.79. The van der Waals surface area contributed by atoms with Gasteiger partial charge in [-0.1, -0.05) is 43.2 Å². The molecule has 4 aromatic heterocycles. The highest BCUT2D eigenvalue weighted by Gasteiger charge is 2.21. The van der Waals surface area contributed by atoms with Crippen LogP contribution in [0.25, 0.3) is 28.3 Å². The van der Waals surface area contributed by atoms with Gasteiger partial charge in [-0.2, -0.15) is 5.10 Å². The minimum atomic E-state index is 0.704. The van der Waals surface area contributed by atoms with Crippen LogP contribution in [0.3, 0.4) is 0 Å². The Morgan fingerprint density at radius 3 is 2.69 bits per heavy atom. The second-order valence-corrected chi connectivity index (χ2v) is 9.90. The van der Waals surface area contributed by atoms with Gasteiger partial charge in [0.05, 0.1) is 17.9 Å². The summed E-state index contributed by atoms with van der Waals surface area (Å²) in [4.78, 5) is 20.0. The van der Waals surface area contributed by atoms with Crippen LogP contribution in [-0.2, 0) is 13.1 Å². The highest BCUT2D eigenvalue weighted by atomic mass is 15.3. The third kappa shape index (κ3) is 4.54. The highest BCUT2D eigenvalue weighted by Crippen LogP contribution is 2.36. The topological polar surface area (TPSA) is 75.0 Å². The molecule has 7 heteroatoms. The first kappa shape index (κ1) is 22.6. The van der Waals surface area contributed by atoms with Gasteiger partial charge in [-0.15, -0.1) is 0 Å². The molecular weight excluding hydrogens is 446 g/mol. The number of imidazole rings is 1. The van der Waals surface area contributed by atoms with Gasteiger partial charge in [0.2, 0.25) is 0 Å². The summed E-state index contributed by atoms with van der Waals surface area (Å²) in [6.45, 7) is 3.61. The summed E-state index contributed by atoms with van der Waals surface area (Å²) in [6, 6.07) is 19.0. The number of hydrogen-bond donors (Lipinski definition) is 1. The molecule has 0 bridgehead atoms. The van der Waals surface area contributed by atoms with E-state index in [9.17, 15) is 0 Å². The lowest BCUT2D eigenvalue weighted by atomic mass is 9.93. The van der Waals surface area contributed by atoms with Gasteiger partial charge in [0.15, 0.2) is 5.65 Å². The van der Waals surface area contributed by atoms with Crippen LogP contribution in [0.2, 0.25) is 0 Å². The molecule has 0 unspecified atom stereocenters. The van der Waals surface area contributed by atoms with Crippen LogP contribution in [0.1, 0.15) is 54.2 Å². The zero-order valence-corrected chi connectivity index (χ0v) is 20.9. The molecule has 36 heavy (non-hydrogen) atoms. The number of benzene rings is 1. The average Bonchev–Trinajstić information content (AvgIpc) is 3.65. The number of aryl methyl sites for hydroxylation is 1. The fourth-order valence-electron chi connectivity index (χ4n) is 5.45. The molecule has 0 saturated heterocycles. The van der Waals surface area contributed by atoms with Crippen molar-refractivity contribution in [1.29, 1.82) is 0 Å². The predicted octanol–water partition coefficient (Wildman–Crippen LogP) is 5.78. The average molecular weight is 478 g/mol. The minimum Gasteiger partial charge on any atom is -0.340 e. The van der Waals surface area contributed by atoms with E-state index in [4.69, 9.17) is 9.97 Å². The van der Waals surface area contributed by atoms with Crippen LogP contribution in [0, 0.1) is 6.92 Å². The molecule has 4 heterocycles. The zero-order valence-electron chi connectivity index (χ0n) is 20.9. The first-order valence-electron chi connectivity index (χ1n) is 12.7. The number of H-pyrrole nitrogens is 1. The Morgan fingerprint density at radius 2 is 1.83 bits per heavy atom. The normalized spacial score (nSPS) is 14.3. The number of aromatic amines is 1. The Bertz CT molecular complexity index is 1490. The minimum absolute atomic E-state index is 0.704. The SMILES string of the molecule is Cc1cccc(-c2nc(CN(C)Cc3ccccc3C3CCCC3)[nH]c2-c2ccc3ncnn3c2)n1. The number of nitrogens with zero attached hydrogens (tertiary/aromatic N) is 6. The van der Waals surface area contributed by atoms with Crippen molar-refractivity contribution in [3.05, 3.63) is 89.8 Å². The van der Waals surface area contributed by atoms with E-state index in [0.29, 0.717) is 12.5 Å². The maximum absolute atomic E-state index is 5.04. The van der Waals surface area contributed by atoms with Gasteiger partial charge < -0.3 is 4.98 Å². The van der Waals surface area contributed by atoms with E-state index >= 15 is 0 Å². The molecular formula is C29H31N7. The van der Waals surface area contributed by atoms with Crippen molar-refractivity contribution in [2.75, 3.05) is 7.05 Å². The molecule has 0 amide bonds. The van der Waals surface area contributed by atoms with Crippen LogP contribution in [-0.4, -0.2) is 41.5 Å². The summed E-state index contributed by atoms with van der Waals surface area (Å²) in [5, 5.41) is 4.31. The largest absolute Gasteiger partial charge is 0.340 e. The van der Waals surface area contributed by atoms with E-state index in [2.05, 4.69) is 57.3 Å². The third-order valence-corrected chi connectivity index (χ3v) is 7.16. The lowest BCUT2D eigenvalue weighted by Gasteiger charge is -2.20. The number of rotatable bonds is 7. The van der Waals surface area contributed by atoms with Crippen molar-refractivity contribution in [3.8, 4) is 22.6 Å². The van der Waals surface area contributed by atoms with E-state index in [1.165, 1.54) is 36.8 Å². The van der Waals surface area contributed by atoms with Crippen molar-refractivity contribution in [2.24, 2.45) is 0 Å². The lowest BCUT2D eigenvalue weighted by molar-refractivity contribution is 0.310. The van der Waals surface area contributed by atoms with Gasteiger partial charge in [0, 0.05) is 24.0 Å². The lowest BCUT2D eigenvalue weighted by Crippen LogP contribution is -2.19. The molecule has 0 spiro atoms. The third-order valence-electron chi connectivity index (χ3n) is 7.16. The van der Waals surface area contributed by atoms with Crippen LogP contribution < -0.4 is 0 Å². The zero-order chi connectivity index (χ0) is 24.5. The Labute approximate surface area is 211 Å². The summed E-state index contributed by atoms with van der Waals surface area (Å²) in [5.41, 5.74) is 8.39. The molecule has 1 N–H and O–H groups in total. The summed E-state index contributed by atoms with van der Waals surface area (Å²) in [7, 11) is 2.17. The van der Waals surface area contributed by atoms with Crippen LogP contribution in [0.5, 0.6) is 0 Å². The summed E-state index contributed by atoms with van der Waals surface area (Å²) in [5.74, 6) is 1.62. The van der Waals surface area contributed by atoms with Crippen molar-refractivity contribution in [1.82, 2.24) is 34.4 Å². The Balaban J connectivity index is 1.31. The number of hydrogen-bond acceptors (Lipinski definition) is 5. The standard InChI is InChI=1S/C29H31N7/c1-20-8-7-13-25(32-20)29-28(23-14-15-27-30-19-31-36(27)17-23)33-26(34-29)18-35(2)16-22-11-5-6-12-24(22)21-9-3-4-10-21/h5-8,11-15,17,19,21H,3-4,9-10,16,18H2,1-2H3,(H,33,34). The van der Waals surface area contributed by atoms with E-state index < -0.39 is 0 Å². The molecule has 1 fully saturated rings.